The van der Waals surface area contributed by atoms with Gasteiger partial charge in [-0.3, -0.25) is 14.4 Å². The first-order valence-corrected chi connectivity index (χ1v) is 9.11. The number of nitrogens with one attached hydrogen (secondary N) is 1. The van der Waals surface area contributed by atoms with Crippen LogP contribution >= 0.6 is 11.6 Å². The smallest absolute Gasteiger partial charge is 0.310 e. The molecule has 0 radical (unpaired) electrons. The van der Waals surface area contributed by atoms with Gasteiger partial charge in [0.15, 0.2) is 12.4 Å². The fourth-order valence-corrected chi connectivity index (χ4v) is 2.66. The van der Waals surface area contributed by atoms with Crippen molar-refractivity contribution < 1.29 is 23.9 Å². The molecule has 0 aliphatic carbocycles. The zero-order chi connectivity index (χ0) is 20.5. The van der Waals surface area contributed by atoms with E-state index in [9.17, 15) is 14.4 Å². The number of hydrogen-bond donors (Lipinski definition) is 1. The van der Waals surface area contributed by atoms with E-state index in [0.717, 1.165) is 5.56 Å². The molecule has 0 saturated carbocycles. The number of carbonyl (C=O) groups is 3. The number of amides is 1. The largest absolute Gasteiger partial charge is 0.496 e. The van der Waals surface area contributed by atoms with Gasteiger partial charge in [0, 0.05) is 22.7 Å². The third kappa shape index (κ3) is 6.70. The van der Waals surface area contributed by atoms with Gasteiger partial charge >= 0.3 is 5.97 Å². The summed E-state index contributed by atoms with van der Waals surface area (Å²) in [7, 11) is 1.48. The fourth-order valence-electron chi connectivity index (χ4n) is 2.54. The lowest BCUT2D eigenvalue weighted by Crippen LogP contribution is -2.30. The van der Waals surface area contributed by atoms with Gasteiger partial charge in [-0.15, -0.1) is 0 Å². The molecular formula is C21H22ClNO5. The number of ether oxygens (including phenoxy) is 2. The van der Waals surface area contributed by atoms with Gasteiger partial charge < -0.3 is 14.8 Å². The van der Waals surface area contributed by atoms with Crippen LogP contribution in [0.2, 0.25) is 5.02 Å². The third-order valence-corrected chi connectivity index (χ3v) is 4.29. The topological polar surface area (TPSA) is 81.7 Å². The zero-order valence-corrected chi connectivity index (χ0v) is 16.5. The maximum atomic E-state index is 12.0. The molecule has 0 spiro atoms. The zero-order valence-electron chi connectivity index (χ0n) is 15.8. The second-order valence-electron chi connectivity index (χ2n) is 6.15. The van der Waals surface area contributed by atoms with Gasteiger partial charge in [0.05, 0.1) is 13.5 Å². The van der Waals surface area contributed by atoms with Crippen LogP contribution in [0.1, 0.15) is 28.4 Å². The molecule has 2 aromatic rings. The Hall–Kier alpha value is -2.86. The molecular weight excluding hydrogens is 382 g/mol. The van der Waals surface area contributed by atoms with Crippen LogP contribution in [0.25, 0.3) is 0 Å². The number of hydrogen-bond acceptors (Lipinski definition) is 5. The van der Waals surface area contributed by atoms with Gasteiger partial charge in [0.1, 0.15) is 5.75 Å². The Balaban J connectivity index is 1.78. The molecule has 0 aromatic heterocycles. The highest BCUT2D eigenvalue weighted by molar-refractivity contribution is 6.30. The maximum Gasteiger partial charge on any atom is 0.310 e. The first-order chi connectivity index (χ1) is 13.4. The number of rotatable bonds is 9. The Morgan fingerprint density at radius 2 is 1.79 bits per heavy atom. The average molecular weight is 404 g/mol. The standard InChI is InChI=1S/C21H22ClNO5/c1-14(24)16-5-8-19(27-2)17(11-16)12-21(26)28-13-20(25)23-10-9-15-3-6-18(22)7-4-15/h3-8,11H,9-10,12-13H2,1-2H3,(H,23,25). The van der Waals surface area contributed by atoms with Crippen molar-refractivity contribution in [2.24, 2.45) is 0 Å². The van der Waals surface area contributed by atoms with Crippen molar-refractivity contribution in [3.8, 4) is 5.75 Å². The van der Waals surface area contributed by atoms with Gasteiger partial charge in [-0.05, 0) is 49.2 Å². The molecule has 28 heavy (non-hydrogen) atoms. The van der Waals surface area contributed by atoms with E-state index in [2.05, 4.69) is 5.32 Å². The van der Waals surface area contributed by atoms with E-state index >= 15 is 0 Å². The minimum absolute atomic E-state index is 0.0949. The molecule has 2 aromatic carbocycles. The maximum absolute atomic E-state index is 12.0. The van der Waals surface area contributed by atoms with Crippen LogP contribution in [0.5, 0.6) is 5.75 Å². The number of benzene rings is 2. The Morgan fingerprint density at radius 3 is 2.43 bits per heavy atom. The summed E-state index contributed by atoms with van der Waals surface area (Å²) in [6, 6.07) is 12.2. The Bertz CT molecular complexity index is 848. The summed E-state index contributed by atoms with van der Waals surface area (Å²) in [6.07, 6.45) is 0.550. The summed E-state index contributed by atoms with van der Waals surface area (Å²) in [4.78, 5) is 35.4. The Labute approximate surface area is 168 Å². The van der Waals surface area contributed by atoms with Crippen LogP contribution < -0.4 is 10.1 Å². The Kier molecular flexibility index (Phi) is 8.02. The monoisotopic (exact) mass is 403 g/mol. The van der Waals surface area contributed by atoms with Crippen molar-refractivity contribution in [1.29, 1.82) is 0 Å². The van der Waals surface area contributed by atoms with Gasteiger partial charge in [-0.1, -0.05) is 23.7 Å². The second kappa shape index (κ2) is 10.5. The number of methoxy groups -OCH3 is 1. The molecule has 0 bridgehead atoms. The minimum Gasteiger partial charge on any atom is -0.496 e. The highest BCUT2D eigenvalue weighted by Gasteiger charge is 2.14. The highest BCUT2D eigenvalue weighted by Crippen LogP contribution is 2.21. The van der Waals surface area contributed by atoms with Crippen molar-refractivity contribution in [3.05, 3.63) is 64.2 Å². The number of Topliss-reactive ketones (excluding diaryl/α,β-unsaturated/α-hetero) is 1. The molecule has 0 atom stereocenters. The van der Waals surface area contributed by atoms with E-state index in [1.54, 1.807) is 30.3 Å². The van der Waals surface area contributed by atoms with Crippen LogP contribution in [0.15, 0.2) is 42.5 Å². The number of esters is 1. The van der Waals surface area contributed by atoms with E-state index < -0.39 is 5.97 Å². The third-order valence-electron chi connectivity index (χ3n) is 4.04. The summed E-state index contributed by atoms with van der Waals surface area (Å²) >= 11 is 5.83. The van der Waals surface area contributed by atoms with Crippen LogP contribution in [0, 0.1) is 0 Å². The van der Waals surface area contributed by atoms with E-state index in [4.69, 9.17) is 21.1 Å². The molecule has 1 amide bonds. The average Bonchev–Trinajstić information content (AvgIpc) is 2.68. The van der Waals surface area contributed by atoms with Crippen LogP contribution in [0.4, 0.5) is 0 Å². The lowest BCUT2D eigenvalue weighted by atomic mass is 10.0. The molecule has 7 heteroatoms. The molecule has 0 saturated heterocycles. The molecule has 6 nitrogen and oxygen atoms in total. The predicted molar refractivity (Wildman–Crippen MR) is 106 cm³/mol. The number of ketones is 1. The van der Waals surface area contributed by atoms with Crippen LogP contribution in [-0.4, -0.2) is 37.9 Å². The Morgan fingerprint density at radius 1 is 1.07 bits per heavy atom. The molecule has 1 N–H and O–H groups in total. The van der Waals surface area contributed by atoms with E-state index in [0.29, 0.717) is 34.9 Å². The second-order valence-corrected chi connectivity index (χ2v) is 6.58. The van der Waals surface area contributed by atoms with Crippen molar-refractivity contribution in [2.75, 3.05) is 20.3 Å². The first kappa shape index (κ1) is 21.4. The lowest BCUT2D eigenvalue weighted by Gasteiger charge is -2.10. The summed E-state index contributed by atoms with van der Waals surface area (Å²) in [5, 5.41) is 3.35. The molecule has 0 aliphatic heterocycles. The molecule has 148 valence electrons. The summed E-state index contributed by atoms with van der Waals surface area (Å²) in [6.45, 7) is 1.50. The van der Waals surface area contributed by atoms with Gasteiger partial charge in [0.25, 0.3) is 5.91 Å². The van der Waals surface area contributed by atoms with Crippen LogP contribution in [-0.2, 0) is 27.2 Å². The molecule has 0 aliphatic rings. The van der Waals surface area contributed by atoms with E-state index in [-0.39, 0.29) is 24.7 Å². The molecule has 2 rings (SSSR count). The SMILES string of the molecule is COc1ccc(C(C)=O)cc1CC(=O)OCC(=O)NCCc1ccc(Cl)cc1. The van der Waals surface area contributed by atoms with E-state index in [1.807, 2.05) is 12.1 Å². The summed E-state index contributed by atoms with van der Waals surface area (Å²) in [5.41, 5.74) is 2.05. The van der Waals surface area contributed by atoms with Crippen molar-refractivity contribution >= 4 is 29.3 Å². The van der Waals surface area contributed by atoms with E-state index in [1.165, 1.54) is 14.0 Å². The van der Waals surface area contributed by atoms with Crippen LogP contribution in [0.3, 0.4) is 0 Å². The molecule has 0 heterocycles. The predicted octanol–water partition coefficient (Wildman–Crippen LogP) is 3.00. The summed E-state index contributed by atoms with van der Waals surface area (Å²) in [5.74, 6) is -0.592. The van der Waals surface area contributed by atoms with Crippen molar-refractivity contribution in [3.63, 3.8) is 0 Å². The quantitative estimate of drug-likeness (QED) is 0.514. The summed E-state index contributed by atoms with van der Waals surface area (Å²) < 4.78 is 10.2. The highest BCUT2D eigenvalue weighted by atomic mass is 35.5. The fraction of sp³-hybridized carbons (Fsp3) is 0.286. The van der Waals surface area contributed by atoms with Gasteiger partial charge in [-0.25, -0.2) is 0 Å². The first-order valence-electron chi connectivity index (χ1n) is 8.73. The molecule has 0 unspecified atom stereocenters. The minimum atomic E-state index is -0.577. The number of halogens is 1. The van der Waals surface area contributed by atoms with Gasteiger partial charge in [0.2, 0.25) is 0 Å². The molecule has 0 fully saturated rings. The normalized spacial score (nSPS) is 10.2. The van der Waals surface area contributed by atoms with Crippen molar-refractivity contribution in [2.45, 2.75) is 19.8 Å². The van der Waals surface area contributed by atoms with Crippen molar-refractivity contribution in [1.82, 2.24) is 5.32 Å². The lowest BCUT2D eigenvalue weighted by molar-refractivity contribution is -0.147. The van der Waals surface area contributed by atoms with Gasteiger partial charge in [-0.2, -0.15) is 0 Å². The number of carbonyl (C=O) groups excluding carboxylic acids is 3.